The van der Waals surface area contributed by atoms with Crippen molar-refractivity contribution in [1.82, 2.24) is 19.8 Å². The molecule has 108 valence electrons. The number of thiazole rings is 1. The maximum absolute atomic E-state index is 11.9. The number of hydrogen-bond donors (Lipinski definition) is 2. The van der Waals surface area contributed by atoms with Gasteiger partial charge in [0, 0.05) is 13.0 Å². The van der Waals surface area contributed by atoms with E-state index in [1.165, 1.54) is 5.51 Å². The van der Waals surface area contributed by atoms with Gasteiger partial charge in [0.1, 0.15) is 0 Å². The van der Waals surface area contributed by atoms with E-state index in [0.717, 1.165) is 11.3 Å². The lowest BCUT2D eigenvalue weighted by Gasteiger charge is -2.03. The minimum atomic E-state index is -3.92. The first-order valence-electron chi connectivity index (χ1n) is 5.36. The summed E-state index contributed by atoms with van der Waals surface area (Å²) in [5.74, 6) is -0.634. The second kappa shape index (κ2) is 5.64. The molecule has 0 aliphatic carbocycles. The van der Waals surface area contributed by atoms with E-state index in [2.05, 4.69) is 19.8 Å². The van der Waals surface area contributed by atoms with Crippen molar-refractivity contribution in [2.24, 2.45) is 0 Å². The average molecular weight is 318 g/mol. The Bertz CT molecular complexity index is 720. The highest BCUT2D eigenvalue weighted by atomic mass is 32.2. The number of aromatic nitrogens is 3. The summed E-state index contributed by atoms with van der Waals surface area (Å²) in [4.78, 5) is 18.3. The van der Waals surface area contributed by atoms with Crippen LogP contribution in [0.25, 0.3) is 0 Å². The third-order valence-electron chi connectivity index (χ3n) is 2.18. The topological polar surface area (TPSA) is 135 Å². The first kappa shape index (κ1) is 14.6. The molecule has 20 heavy (non-hydrogen) atoms. The van der Waals surface area contributed by atoms with Crippen molar-refractivity contribution in [2.45, 2.75) is 17.6 Å². The molecule has 0 saturated carbocycles. The van der Waals surface area contributed by atoms with E-state index in [0.29, 0.717) is 11.7 Å². The molecule has 2 aromatic rings. The summed E-state index contributed by atoms with van der Waals surface area (Å²) in [7, 11) is -3.92. The fourth-order valence-corrected chi connectivity index (χ4v) is 3.58. The Kier molecular flexibility index (Phi) is 4.11. The lowest BCUT2D eigenvalue weighted by molar-refractivity contribution is 0.0687. The zero-order valence-corrected chi connectivity index (χ0v) is 11.9. The Morgan fingerprint density at radius 2 is 2.30 bits per heavy atom. The van der Waals surface area contributed by atoms with E-state index in [9.17, 15) is 13.2 Å². The van der Waals surface area contributed by atoms with Crippen LogP contribution in [-0.2, 0) is 16.4 Å². The molecule has 0 aliphatic rings. The zero-order chi connectivity index (χ0) is 14.8. The Labute approximate surface area is 117 Å². The second-order valence-corrected chi connectivity index (χ2v) is 6.49. The lowest BCUT2D eigenvalue weighted by atomic mass is 10.4. The van der Waals surface area contributed by atoms with Gasteiger partial charge in [-0.2, -0.15) is 4.98 Å². The van der Waals surface area contributed by atoms with Crippen molar-refractivity contribution < 1.29 is 22.8 Å². The Morgan fingerprint density at radius 3 is 2.90 bits per heavy atom. The Hall–Kier alpha value is -1.85. The van der Waals surface area contributed by atoms with Gasteiger partial charge in [0.2, 0.25) is 5.89 Å². The molecule has 0 saturated heterocycles. The lowest BCUT2D eigenvalue weighted by Crippen LogP contribution is -2.26. The number of carbonyl (C=O) groups is 1. The third kappa shape index (κ3) is 3.18. The van der Waals surface area contributed by atoms with E-state index >= 15 is 0 Å². The van der Waals surface area contributed by atoms with Gasteiger partial charge in [0.15, 0.2) is 15.7 Å². The van der Waals surface area contributed by atoms with Crippen molar-refractivity contribution >= 4 is 27.3 Å². The quantitative estimate of drug-likeness (QED) is 0.763. The number of rotatable bonds is 6. The minimum absolute atomic E-state index is 0.0148. The molecule has 2 aromatic heterocycles. The summed E-state index contributed by atoms with van der Waals surface area (Å²) in [6.45, 7) is 1.66. The Morgan fingerprint density at radius 1 is 1.55 bits per heavy atom. The molecule has 0 atom stereocenters. The highest BCUT2D eigenvalue weighted by molar-refractivity contribution is 7.91. The van der Waals surface area contributed by atoms with Gasteiger partial charge in [0.25, 0.3) is 10.0 Å². The smallest absolute Gasteiger partial charge is 0.356 e. The molecule has 2 heterocycles. The molecular weight excluding hydrogens is 308 g/mol. The fraction of sp³-hybridized carbons (Fsp3) is 0.333. The van der Waals surface area contributed by atoms with Gasteiger partial charge in [0.05, 0.1) is 5.51 Å². The van der Waals surface area contributed by atoms with Crippen LogP contribution in [0.1, 0.15) is 22.2 Å². The van der Waals surface area contributed by atoms with E-state index in [1.54, 1.807) is 6.92 Å². The van der Waals surface area contributed by atoms with Crippen LogP contribution in [0.4, 0.5) is 0 Å². The number of nitrogens with one attached hydrogen (secondary N) is 1. The summed E-state index contributed by atoms with van der Waals surface area (Å²) in [5, 5.41) is 12.4. The van der Waals surface area contributed by atoms with Crippen LogP contribution in [0.3, 0.4) is 0 Å². The van der Waals surface area contributed by atoms with Gasteiger partial charge in [-0.15, -0.1) is 11.3 Å². The SMILES string of the molecule is Cc1noc(CCNS(=O)(=O)c2scnc2C(=O)O)n1. The minimum Gasteiger partial charge on any atom is -0.476 e. The maximum Gasteiger partial charge on any atom is 0.356 e. The molecular formula is C9H10N4O5S2. The molecule has 2 rings (SSSR count). The highest BCUT2D eigenvalue weighted by Crippen LogP contribution is 2.19. The van der Waals surface area contributed by atoms with Crippen LogP contribution >= 0.6 is 11.3 Å². The molecule has 0 radical (unpaired) electrons. The number of carboxylic acid groups (broad SMARTS) is 1. The van der Waals surface area contributed by atoms with Crippen LogP contribution in [0.15, 0.2) is 14.2 Å². The average Bonchev–Trinajstić information content (AvgIpc) is 2.97. The molecule has 0 fully saturated rings. The monoisotopic (exact) mass is 318 g/mol. The molecule has 0 bridgehead atoms. The maximum atomic E-state index is 11.9. The predicted molar refractivity (Wildman–Crippen MR) is 67.0 cm³/mol. The van der Waals surface area contributed by atoms with Crippen LogP contribution in [0.2, 0.25) is 0 Å². The first-order valence-corrected chi connectivity index (χ1v) is 7.72. The van der Waals surface area contributed by atoms with E-state index in [-0.39, 0.29) is 17.2 Å². The highest BCUT2D eigenvalue weighted by Gasteiger charge is 2.25. The molecule has 11 heteroatoms. The van der Waals surface area contributed by atoms with E-state index < -0.39 is 21.7 Å². The van der Waals surface area contributed by atoms with Crippen molar-refractivity contribution in [3.05, 3.63) is 22.9 Å². The molecule has 0 amide bonds. The Balaban J connectivity index is 2.04. The molecule has 2 N–H and O–H groups in total. The van der Waals surface area contributed by atoms with Crippen molar-refractivity contribution in [1.29, 1.82) is 0 Å². The molecule has 0 unspecified atom stereocenters. The number of sulfonamides is 1. The number of hydrogen-bond acceptors (Lipinski definition) is 8. The van der Waals surface area contributed by atoms with Crippen LogP contribution in [0, 0.1) is 6.92 Å². The molecule has 0 spiro atoms. The fourth-order valence-electron chi connectivity index (χ4n) is 1.37. The van der Waals surface area contributed by atoms with Gasteiger partial charge >= 0.3 is 5.97 Å². The van der Waals surface area contributed by atoms with Gasteiger partial charge in [-0.3, -0.25) is 0 Å². The molecule has 9 nitrogen and oxygen atoms in total. The van der Waals surface area contributed by atoms with Gasteiger partial charge in [-0.25, -0.2) is 22.9 Å². The summed E-state index contributed by atoms with van der Waals surface area (Å²) in [6.07, 6.45) is 0.210. The van der Waals surface area contributed by atoms with Gasteiger partial charge in [-0.1, -0.05) is 5.16 Å². The predicted octanol–water partition coefficient (Wildman–Crippen LogP) is 0.0537. The summed E-state index contributed by atoms with van der Waals surface area (Å²) < 4.78 is 30.7. The number of carboxylic acids is 1. The standard InChI is InChI=1S/C9H10N4O5S2/c1-5-12-6(18-13-5)2-3-11-20(16,17)9-7(8(14)15)10-4-19-9/h4,11H,2-3H2,1H3,(H,14,15). The zero-order valence-electron chi connectivity index (χ0n) is 10.2. The van der Waals surface area contributed by atoms with Gasteiger partial charge in [-0.05, 0) is 6.92 Å². The van der Waals surface area contributed by atoms with Crippen molar-refractivity contribution in [3.8, 4) is 0 Å². The number of nitrogens with zero attached hydrogens (tertiary/aromatic N) is 3. The second-order valence-electron chi connectivity index (χ2n) is 3.68. The van der Waals surface area contributed by atoms with Crippen molar-refractivity contribution in [2.75, 3.05) is 6.54 Å². The van der Waals surface area contributed by atoms with Crippen molar-refractivity contribution in [3.63, 3.8) is 0 Å². The molecule has 0 aliphatic heterocycles. The first-order chi connectivity index (χ1) is 9.40. The largest absolute Gasteiger partial charge is 0.476 e. The number of aromatic carboxylic acids is 1. The van der Waals surface area contributed by atoms with E-state index in [4.69, 9.17) is 9.63 Å². The normalized spacial score (nSPS) is 11.7. The summed E-state index contributed by atoms with van der Waals surface area (Å²) >= 11 is 0.741. The van der Waals surface area contributed by atoms with E-state index in [1.807, 2.05) is 0 Å². The molecule has 0 aromatic carbocycles. The van der Waals surface area contributed by atoms with Gasteiger partial charge < -0.3 is 9.63 Å². The summed E-state index contributed by atoms with van der Waals surface area (Å²) in [6, 6.07) is 0. The third-order valence-corrected chi connectivity index (χ3v) is 5.01. The summed E-state index contributed by atoms with van der Waals surface area (Å²) in [5.41, 5.74) is 0.676. The van der Waals surface area contributed by atoms with Crippen LogP contribution in [-0.4, -0.2) is 41.2 Å². The van der Waals surface area contributed by atoms with Crippen LogP contribution in [0.5, 0.6) is 0 Å². The van der Waals surface area contributed by atoms with Crippen LogP contribution < -0.4 is 4.72 Å². The number of aryl methyl sites for hydroxylation is 1.